The molecular weight excluding hydrogens is 300 g/mol. The van der Waals surface area contributed by atoms with Gasteiger partial charge in [-0.15, -0.1) is 0 Å². The molecule has 0 saturated heterocycles. The Balaban J connectivity index is 2.18. The minimum atomic E-state index is -0.975. The van der Waals surface area contributed by atoms with Crippen LogP contribution in [-0.2, 0) is 13.0 Å². The minimum Gasteiger partial charge on any atom is -0.476 e. The number of hydrogen-bond donors (Lipinski definition) is 1. The number of imidazole rings is 1. The molecule has 3 rings (SSSR count). The summed E-state index contributed by atoms with van der Waals surface area (Å²) in [4.78, 5) is 15.4. The largest absolute Gasteiger partial charge is 0.476 e. The Morgan fingerprint density at radius 3 is 2.94 bits per heavy atom. The van der Waals surface area contributed by atoms with Gasteiger partial charge in [0.15, 0.2) is 21.9 Å². The first kappa shape index (κ1) is 11.5. The molecule has 0 fully saturated rings. The molecule has 1 aliphatic heterocycles. The number of fused-ring (bicyclic) bond motifs is 1. The van der Waals surface area contributed by atoms with Crippen LogP contribution in [0.25, 0.3) is 11.6 Å². The van der Waals surface area contributed by atoms with Crippen LogP contribution in [0.4, 0.5) is 0 Å². The van der Waals surface area contributed by atoms with Gasteiger partial charge in [-0.1, -0.05) is 0 Å². The lowest BCUT2D eigenvalue weighted by atomic mass is 10.1. The Hall–Kier alpha value is -1.56. The monoisotopic (exact) mass is 310 g/mol. The second-order valence-corrected chi connectivity index (χ2v) is 5.03. The quantitative estimate of drug-likeness (QED) is 0.926. The molecule has 0 aromatic carbocycles. The molecule has 3 heterocycles. The first-order valence-corrected chi connectivity index (χ1v) is 6.54. The zero-order valence-corrected chi connectivity index (χ0v) is 11.1. The fourth-order valence-corrected chi connectivity index (χ4v) is 2.64. The first-order chi connectivity index (χ1) is 8.66. The highest BCUT2D eigenvalue weighted by Crippen LogP contribution is 2.29. The van der Waals surface area contributed by atoms with Gasteiger partial charge in [-0.05, 0) is 47.3 Å². The van der Waals surface area contributed by atoms with Gasteiger partial charge >= 0.3 is 5.97 Å². The molecule has 0 saturated carbocycles. The van der Waals surface area contributed by atoms with E-state index in [1.54, 1.807) is 12.1 Å². The Bertz CT molecular complexity index is 615. The van der Waals surface area contributed by atoms with Crippen molar-refractivity contribution in [2.75, 3.05) is 0 Å². The number of hydrogen-bond acceptors (Lipinski definition) is 3. The number of aromatic carboxylic acids is 1. The van der Waals surface area contributed by atoms with E-state index in [1.165, 1.54) is 0 Å². The van der Waals surface area contributed by atoms with Gasteiger partial charge in [-0.25, -0.2) is 9.78 Å². The van der Waals surface area contributed by atoms with Crippen LogP contribution in [0.2, 0.25) is 0 Å². The molecule has 5 nitrogen and oxygen atoms in total. The van der Waals surface area contributed by atoms with Crippen molar-refractivity contribution in [3.63, 3.8) is 0 Å². The highest BCUT2D eigenvalue weighted by atomic mass is 79.9. The molecule has 0 atom stereocenters. The number of furan rings is 1. The molecule has 1 N–H and O–H groups in total. The van der Waals surface area contributed by atoms with Crippen LogP contribution >= 0.6 is 15.9 Å². The summed E-state index contributed by atoms with van der Waals surface area (Å²) in [6.45, 7) is 0.795. The molecule has 6 heteroatoms. The summed E-state index contributed by atoms with van der Waals surface area (Å²) in [6, 6.07) is 3.57. The fourth-order valence-electron chi connectivity index (χ4n) is 2.34. The number of carboxylic acids is 1. The summed E-state index contributed by atoms with van der Waals surface area (Å²) >= 11 is 3.24. The SMILES string of the molecule is O=C(O)c1nc(-c2ccc(Br)o2)n2c1CCCC2. The lowest BCUT2D eigenvalue weighted by Crippen LogP contribution is -2.13. The molecule has 0 unspecified atom stereocenters. The fraction of sp³-hybridized carbons (Fsp3) is 0.333. The molecule has 94 valence electrons. The Kier molecular flexibility index (Phi) is 2.74. The minimum absolute atomic E-state index is 0.150. The second kappa shape index (κ2) is 4.28. The van der Waals surface area contributed by atoms with Gasteiger partial charge in [0, 0.05) is 6.54 Å². The number of nitrogens with zero attached hydrogens (tertiary/aromatic N) is 2. The van der Waals surface area contributed by atoms with Crippen molar-refractivity contribution in [1.82, 2.24) is 9.55 Å². The third-order valence-corrected chi connectivity index (χ3v) is 3.54. The molecule has 18 heavy (non-hydrogen) atoms. The van der Waals surface area contributed by atoms with Crippen molar-refractivity contribution in [3.8, 4) is 11.6 Å². The van der Waals surface area contributed by atoms with Crippen LogP contribution in [0.5, 0.6) is 0 Å². The Morgan fingerprint density at radius 1 is 1.44 bits per heavy atom. The van der Waals surface area contributed by atoms with E-state index in [0.717, 1.165) is 31.5 Å². The maximum absolute atomic E-state index is 11.2. The molecule has 0 radical (unpaired) electrons. The predicted molar refractivity (Wildman–Crippen MR) is 67.5 cm³/mol. The van der Waals surface area contributed by atoms with Crippen LogP contribution in [0.1, 0.15) is 29.0 Å². The van der Waals surface area contributed by atoms with E-state index >= 15 is 0 Å². The summed E-state index contributed by atoms with van der Waals surface area (Å²) < 4.78 is 8.04. The van der Waals surface area contributed by atoms with Crippen LogP contribution < -0.4 is 0 Å². The smallest absolute Gasteiger partial charge is 0.356 e. The summed E-state index contributed by atoms with van der Waals surface area (Å²) in [7, 11) is 0. The van der Waals surface area contributed by atoms with Gasteiger partial charge in [0.2, 0.25) is 0 Å². The number of carbonyl (C=O) groups is 1. The summed E-state index contributed by atoms with van der Waals surface area (Å²) in [6.07, 6.45) is 2.81. The van der Waals surface area contributed by atoms with Crippen molar-refractivity contribution in [3.05, 3.63) is 28.2 Å². The Morgan fingerprint density at radius 2 is 2.28 bits per heavy atom. The highest BCUT2D eigenvalue weighted by molar-refractivity contribution is 9.10. The van der Waals surface area contributed by atoms with Gasteiger partial charge in [-0.3, -0.25) is 0 Å². The average Bonchev–Trinajstić information content (AvgIpc) is 2.92. The maximum atomic E-state index is 11.2. The van der Waals surface area contributed by atoms with Crippen LogP contribution in [0.15, 0.2) is 21.2 Å². The molecule has 2 aromatic heterocycles. The third-order valence-electron chi connectivity index (χ3n) is 3.11. The number of carboxylic acid groups (broad SMARTS) is 1. The molecule has 1 aliphatic rings. The van der Waals surface area contributed by atoms with E-state index in [-0.39, 0.29) is 5.69 Å². The summed E-state index contributed by atoms with van der Waals surface area (Å²) in [5, 5.41) is 9.19. The first-order valence-electron chi connectivity index (χ1n) is 5.75. The summed E-state index contributed by atoms with van der Waals surface area (Å²) in [5.74, 6) is 0.225. The van der Waals surface area contributed by atoms with Gasteiger partial charge in [0.1, 0.15) is 0 Å². The topological polar surface area (TPSA) is 68.3 Å². The van der Waals surface area contributed by atoms with E-state index in [9.17, 15) is 9.90 Å². The lowest BCUT2D eigenvalue weighted by Gasteiger charge is -2.16. The number of aromatic nitrogens is 2. The standard InChI is InChI=1S/C12H11BrN2O3/c13-9-5-4-8(18-9)11-14-10(12(16)17)7-3-1-2-6-15(7)11/h4-5H,1-3,6H2,(H,16,17). The van der Waals surface area contributed by atoms with Gasteiger partial charge in [-0.2, -0.15) is 0 Å². The molecule has 2 aromatic rings. The van der Waals surface area contributed by atoms with E-state index in [2.05, 4.69) is 20.9 Å². The number of halogens is 1. The van der Waals surface area contributed by atoms with Crippen molar-refractivity contribution >= 4 is 21.9 Å². The Labute approximate surface area is 112 Å². The normalized spacial score (nSPS) is 14.5. The van der Waals surface area contributed by atoms with Crippen LogP contribution in [0.3, 0.4) is 0 Å². The maximum Gasteiger partial charge on any atom is 0.356 e. The highest BCUT2D eigenvalue weighted by Gasteiger charge is 2.25. The second-order valence-electron chi connectivity index (χ2n) is 4.25. The van der Waals surface area contributed by atoms with Crippen molar-refractivity contribution in [1.29, 1.82) is 0 Å². The third kappa shape index (κ3) is 1.77. The van der Waals surface area contributed by atoms with Gasteiger partial charge < -0.3 is 14.1 Å². The van der Waals surface area contributed by atoms with Crippen LogP contribution in [-0.4, -0.2) is 20.6 Å². The summed E-state index contributed by atoms with van der Waals surface area (Å²) in [5.41, 5.74) is 0.952. The van der Waals surface area contributed by atoms with Gasteiger partial charge in [0.05, 0.1) is 5.69 Å². The van der Waals surface area contributed by atoms with E-state index in [1.807, 2.05) is 4.57 Å². The average molecular weight is 311 g/mol. The lowest BCUT2D eigenvalue weighted by molar-refractivity contribution is 0.0689. The molecule has 0 amide bonds. The molecule has 0 aliphatic carbocycles. The molecule has 0 spiro atoms. The van der Waals surface area contributed by atoms with Crippen molar-refractivity contribution in [2.45, 2.75) is 25.8 Å². The van der Waals surface area contributed by atoms with E-state index < -0.39 is 5.97 Å². The van der Waals surface area contributed by atoms with Gasteiger partial charge in [0.25, 0.3) is 0 Å². The van der Waals surface area contributed by atoms with Crippen LogP contribution in [0, 0.1) is 0 Å². The predicted octanol–water partition coefficient (Wildman–Crippen LogP) is 2.94. The molecule has 0 bridgehead atoms. The zero-order chi connectivity index (χ0) is 12.7. The zero-order valence-electron chi connectivity index (χ0n) is 9.52. The number of rotatable bonds is 2. The van der Waals surface area contributed by atoms with E-state index in [0.29, 0.717) is 16.3 Å². The van der Waals surface area contributed by atoms with Crippen molar-refractivity contribution in [2.24, 2.45) is 0 Å². The molecular formula is C12H11BrN2O3. The van der Waals surface area contributed by atoms with E-state index in [4.69, 9.17) is 4.42 Å². The van der Waals surface area contributed by atoms with Crippen molar-refractivity contribution < 1.29 is 14.3 Å².